The molecule has 0 saturated carbocycles. The minimum Gasteiger partial charge on any atom is -0.506 e. The van der Waals surface area contributed by atoms with Gasteiger partial charge < -0.3 is 10.0 Å². The molecule has 2 atom stereocenters. The summed E-state index contributed by atoms with van der Waals surface area (Å²) >= 11 is 0. The maximum atomic E-state index is 15.6. The van der Waals surface area contributed by atoms with E-state index >= 15 is 4.39 Å². The minimum absolute atomic E-state index is 0.0341. The van der Waals surface area contributed by atoms with Crippen molar-refractivity contribution in [1.82, 2.24) is 9.62 Å². The van der Waals surface area contributed by atoms with E-state index < -0.39 is 45.8 Å². The van der Waals surface area contributed by atoms with Gasteiger partial charge in [0.1, 0.15) is 18.0 Å². The van der Waals surface area contributed by atoms with Crippen molar-refractivity contribution in [3.63, 3.8) is 0 Å². The third-order valence-corrected chi connectivity index (χ3v) is 7.40. The Labute approximate surface area is 168 Å². The topological polar surface area (TPSA) is 107 Å². The van der Waals surface area contributed by atoms with Crippen LogP contribution in [-0.2, 0) is 26.2 Å². The molecule has 10 heteroatoms. The molecule has 1 aromatic carbocycles. The number of likely N-dealkylation sites (tertiary alicyclic amines) is 1. The van der Waals surface area contributed by atoms with Crippen molar-refractivity contribution in [2.24, 2.45) is 5.92 Å². The van der Waals surface area contributed by atoms with Crippen LogP contribution in [0.3, 0.4) is 0 Å². The van der Waals surface area contributed by atoms with E-state index in [1.54, 1.807) is 4.72 Å². The number of halogens is 1. The zero-order chi connectivity index (χ0) is 21.1. The van der Waals surface area contributed by atoms with Crippen LogP contribution in [0.2, 0.25) is 0 Å². The van der Waals surface area contributed by atoms with Crippen LogP contribution in [0.25, 0.3) is 0 Å². The molecule has 1 aliphatic carbocycles. The highest BCUT2D eigenvalue weighted by Gasteiger charge is 2.46. The smallest absolute Gasteiger partial charge is 0.326 e. The average molecular weight is 425 g/mol. The van der Waals surface area contributed by atoms with Gasteiger partial charge in [0, 0.05) is 24.9 Å². The predicted octanol–water partition coefficient (Wildman–Crippen LogP) is 1.39. The Balaban J connectivity index is 1.75. The van der Waals surface area contributed by atoms with Gasteiger partial charge >= 0.3 is 10.2 Å². The van der Waals surface area contributed by atoms with Crippen LogP contribution in [0.1, 0.15) is 50.2 Å². The number of carbonyl (C=O) groups is 2. The molecule has 1 aromatic rings. The first-order valence-corrected chi connectivity index (χ1v) is 11.2. The molecule has 2 N–H and O–H groups in total. The number of amides is 2. The van der Waals surface area contributed by atoms with Gasteiger partial charge in [-0.1, -0.05) is 13.8 Å². The molecule has 2 unspecified atom stereocenters. The van der Waals surface area contributed by atoms with Crippen molar-refractivity contribution in [3.05, 3.63) is 23.0 Å². The molecule has 158 valence electrons. The minimum atomic E-state index is -4.27. The lowest BCUT2D eigenvalue weighted by atomic mass is 9.78. The molecule has 0 bridgehead atoms. The second-order valence-electron chi connectivity index (χ2n) is 8.35. The summed E-state index contributed by atoms with van der Waals surface area (Å²) in [6.45, 7) is 4.17. The summed E-state index contributed by atoms with van der Waals surface area (Å²) in [5.41, 5.74) is 0.333. The second-order valence-corrected chi connectivity index (χ2v) is 9.95. The summed E-state index contributed by atoms with van der Waals surface area (Å²) in [4.78, 5) is 26.0. The Kier molecular flexibility index (Phi) is 4.71. The molecule has 8 nitrogen and oxygen atoms in total. The molecule has 0 aromatic heterocycles. The Hall–Kier alpha value is -2.36. The zero-order valence-electron chi connectivity index (χ0n) is 16.3. The Morgan fingerprint density at radius 1 is 1.34 bits per heavy atom. The molecule has 0 radical (unpaired) electrons. The number of phenols is 1. The fraction of sp³-hybridized carbons (Fsp3) is 0.579. The van der Waals surface area contributed by atoms with E-state index in [1.165, 1.54) is 6.07 Å². The first-order valence-electron chi connectivity index (χ1n) is 9.77. The number of rotatable bonds is 4. The van der Waals surface area contributed by atoms with E-state index in [9.17, 15) is 23.1 Å². The van der Waals surface area contributed by atoms with Crippen LogP contribution in [0.15, 0.2) is 6.07 Å². The highest BCUT2D eigenvalue weighted by Crippen LogP contribution is 2.48. The fourth-order valence-corrected chi connectivity index (χ4v) is 5.83. The van der Waals surface area contributed by atoms with Crippen molar-refractivity contribution in [2.75, 3.05) is 17.4 Å². The number of hydrogen-bond donors (Lipinski definition) is 2. The highest BCUT2D eigenvalue weighted by molar-refractivity contribution is 7.92. The summed E-state index contributed by atoms with van der Waals surface area (Å²) in [6.07, 6.45) is 2.16. The molecular weight excluding hydrogens is 401 g/mol. The standard InChI is InChI=1S/C19H24FN3O5S/c1-10(2)5-6-22-13-4-3-11-7-14(24)19(23-9-15(25)21-29(23,27)28)18(20)17(11)12(13)8-16(22)26/h7,10,12-13,24H,3-6,8-9H2,1-2H3,(H,21,25). The maximum absolute atomic E-state index is 15.6. The SMILES string of the molecule is CC(C)CCN1C(=O)CC2c3c(cc(O)c(N4CC(=O)NS4(=O)=O)c3F)CCC21. The molecule has 0 spiro atoms. The maximum Gasteiger partial charge on any atom is 0.326 e. The van der Waals surface area contributed by atoms with Crippen LogP contribution < -0.4 is 9.03 Å². The monoisotopic (exact) mass is 425 g/mol. The predicted molar refractivity (Wildman–Crippen MR) is 103 cm³/mol. The lowest BCUT2D eigenvalue weighted by Gasteiger charge is -2.34. The van der Waals surface area contributed by atoms with Crippen molar-refractivity contribution in [1.29, 1.82) is 0 Å². The number of aryl methyl sites for hydroxylation is 1. The summed E-state index contributed by atoms with van der Waals surface area (Å²) < 4.78 is 42.3. The number of anilines is 1. The van der Waals surface area contributed by atoms with Crippen LogP contribution >= 0.6 is 0 Å². The van der Waals surface area contributed by atoms with Gasteiger partial charge in [0.05, 0.1) is 0 Å². The Morgan fingerprint density at radius 3 is 2.69 bits per heavy atom. The van der Waals surface area contributed by atoms with Crippen LogP contribution in [0, 0.1) is 11.7 Å². The van der Waals surface area contributed by atoms with E-state index in [2.05, 4.69) is 13.8 Å². The summed E-state index contributed by atoms with van der Waals surface area (Å²) in [6, 6.07) is 1.22. The van der Waals surface area contributed by atoms with Gasteiger partial charge in [-0.2, -0.15) is 8.42 Å². The van der Waals surface area contributed by atoms with Crippen molar-refractivity contribution in [3.8, 4) is 5.75 Å². The molecular formula is C19H24FN3O5S. The van der Waals surface area contributed by atoms with Gasteiger partial charge in [0.25, 0.3) is 5.91 Å². The fourth-order valence-electron chi connectivity index (χ4n) is 4.67. The highest BCUT2D eigenvalue weighted by atomic mass is 32.2. The molecule has 2 heterocycles. The molecule has 2 fully saturated rings. The van der Waals surface area contributed by atoms with Gasteiger partial charge in [-0.05, 0) is 42.4 Å². The van der Waals surface area contributed by atoms with Crippen molar-refractivity contribution >= 4 is 27.7 Å². The lowest BCUT2D eigenvalue weighted by Crippen LogP contribution is -2.38. The van der Waals surface area contributed by atoms with Gasteiger partial charge in [0.15, 0.2) is 5.82 Å². The molecule has 3 aliphatic rings. The normalized spacial score (nSPS) is 25.4. The quantitative estimate of drug-likeness (QED) is 0.758. The van der Waals surface area contributed by atoms with E-state index in [1.807, 2.05) is 4.90 Å². The number of nitrogens with zero attached hydrogens (tertiary/aromatic N) is 2. The number of fused-ring (bicyclic) bond motifs is 3. The van der Waals surface area contributed by atoms with E-state index in [4.69, 9.17) is 0 Å². The molecule has 29 heavy (non-hydrogen) atoms. The number of carbonyl (C=O) groups excluding carboxylic acids is 2. The van der Waals surface area contributed by atoms with E-state index in [0.29, 0.717) is 35.2 Å². The van der Waals surface area contributed by atoms with Gasteiger partial charge in [-0.25, -0.2) is 13.4 Å². The van der Waals surface area contributed by atoms with Gasteiger partial charge in [-0.3, -0.25) is 9.59 Å². The molecule has 4 rings (SSSR count). The van der Waals surface area contributed by atoms with Crippen molar-refractivity contribution in [2.45, 2.75) is 51.5 Å². The van der Waals surface area contributed by atoms with Crippen molar-refractivity contribution < 1.29 is 27.5 Å². The second kappa shape index (κ2) is 6.86. The van der Waals surface area contributed by atoms with Crippen LogP contribution in [0.5, 0.6) is 5.75 Å². The van der Waals surface area contributed by atoms with E-state index in [-0.39, 0.29) is 23.9 Å². The Morgan fingerprint density at radius 2 is 2.07 bits per heavy atom. The molecule has 2 amide bonds. The third kappa shape index (κ3) is 3.23. The summed E-state index contributed by atoms with van der Waals surface area (Å²) in [5, 5.41) is 10.4. The number of benzene rings is 1. The number of hydrogen-bond acceptors (Lipinski definition) is 5. The first kappa shape index (κ1) is 19.9. The third-order valence-electron chi connectivity index (χ3n) is 6.02. The summed E-state index contributed by atoms with van der Waals surface area (Å²) in [7, 11) is -4.27. The number of aromatic hydroxyl groups is 1. The molecule has 2 saturated heterocycles. The number of nitrogens with one attached hydrogen (secondary N) is 1. The number of phenolic OH excluding ortho intramolecular Hbond substituents is 1. The first-order chi connectivity index (χ1) is 13.6. The Bertz CT molecular complexity index is 994. The lowest BCUT2D eigenvalue weighted by molar-refractivity contribution is -0.129. The van der Waals surface area contributed by atoms with E-state index in [0.717, 1.165) is 6.42 Å². The summed E-state index contributed by atoms with van der Waals surface area (Å²) in [5.74, 6) is -2.19. The van der Waals surface area contributed by atoms with Crippen LogP contribution in [0.4, 0.5) is 10.1 Å². The van der Waals surface area contributed by atoms with Gasteiger partial charge in [-0.15, -0.1) is 0 Å². The molecule has 2 aliphatic heterocycles. The largest absolute Gasteiger partial charge is 0.506 e. The van der Waals surface area contributed by atoms with Gasteiger partial charge in [0.2, 0.25) is 5.91 Å². The average Bonchev–Trinajstić information content (AvgIpc) is 3.06. The zero-order valence-corrected chi connectivity index (χ0v) is 17.1. The van der Waals surface area contributed by atoms with Crippen LogP contribution in [-0.4, -0.2) is 49.4 Å².